The van der Waals surface area contributed by atoms with Crippen LogP contribution in [0.4, 0.5) is 4.79 Å². The normalized spacial score (nSPS) is 21.7. The van der Waals surface area contributed by atoms with Crippen LogP contribution in [0.3, 0.4) is 0 Å². The maximum absolute atomic E-state index is 12.0. The number of rotatable bonds is 6. The van der Waals surface area contributed by atoms with E-state index in [1.54, 1.807) is 6.07 Å². The number of hydrogen-bond donors (Lipinski definition) is 2. The van der Waals surface area contributed by atoms with Gasteiger partial charge in [-0.25, -0.2) is 9.59 Å². The number of ether oxygens (including phenoxy) is 3. The fourth-order valence-electron chi connectivity index (χ4n) is 3.92. The van der Waals surface area contributed by atoms with Crippen LogP contribution in [-0.4, -0.2) is 42.8 Å². The molecule has 0 spiro atoms. The summed E-state index contributed by atoms with van der Waals surface area (Å²) in [5, 5.41) is 5.01. The zero-order valence-corrected chi connectivity index (χ0v) is 17.8. The van der Waals surface area contributed by atoms with Gasteiger partial charge in [-0.15, -0.1) is 0 Å². The van der Waals surface area contributed by atoms with Gasteiger partial charge in [0.2, 0.25) is 0 Å². The second-order valence-corrected chi connectivity index (χ2v) is 8.62. The number of urea groups is 1. The summed E-state index contributed by atoms with van der Waals surface area (Å²) >= 11 is 0. The predicted molar refractivity (Wildman–Crippen MR) is 109 cm³/mol. The molecule has 2 unspecified atom stereocenters. The predicted octanol–water partition coefficient (Wildman–Crippen LogP) is 2.73. The van der Waals surface area contributed by atoms with E-state index in [9.17, 15) is 14.4 Å². The summed E-state index contributed by atoms with van der Waals surface area (Å²) in [6, 6.07) is 5.01. The van der Waals surface area contributed by atoms with Gasteiger partial charge in [-0.2, -0.15) is 0 Å². The van der Waals surface area contributed by atoms with E-state index in [1.807, 2.05) is 26.0 Å². The van der Waals surface area contributed by atoms with Crippen molar-refractivity contribution in [2.45, 2.75) is 64.5 Å². The molecule has 1 aromatic rings. The number of esters is 1. The van der Waals surface area contributed by atoms with Gasteiger partial charge in [0.05, 0.1) is 0 Å². The van der Waals surface area contributed by atoms with E-state index in [1.165, 1.54) is 0 Å². The average molecular weight is 418 g/mol. The number of imide groups is 1. The molecule has 3 amide bonds. The van der Waals surface area contributed by atoms with Crippen LogP contribution in [0, 0.1) is 5.92 Å². The number of carbonyl (C=O) groups excluding carboxylic acids is 3. The first kappa shape index (κ1) is 21.9. The molecule has 8 heteroatoms. The van der Waals surface area contributed by atoms with E-state index >= 15 is 0 Å². The van der Waals surface area contributed by atoms with Gasteiger partial charge in [0, 0.05) is 18.0 Å². The maximum atomic E-state index is 12.0. The fraction of sp³-hybridized carbons (Fsp3) is 0.591. The van der Waals surface area contributed by atoms with Crippen molar-refractivity contribution < 1.29 is 28.6 Å². The van der Waals surface area contributed by atoms with Crippen molar-refractivity contribution in [1.82, 2.24) is 10.6 Å². The van der Waals surface area contributed by atoms with Crippen molar-refractivity contribution in [3.8, 4) is 11.5 Å². The molecular formula is C22H30N2O6. The molecule has 1 fully saturated rings. The quantitative estimate of drug-likeness (QED) is 0.689. The molecule has 0 bridgehead atoms. The summed E-state index contributed by atoms with van der Waals surface area (Å²) in [7, 11) is 0. The number of para-hydroxylation sites is 1. The summed E-state index contributed by atoms with van der Waals surface area (Å²) in [4.78, 5) is 35.8. The van der Waals surface area contributed by atoms with Crippen LogP contribution in [0.25, 0.3) is 0 Å². The highest BCUT2D eigenvalue weighted by atomic mass is 16.6. The van der Waals surface area contributed by atoms with Gasteiger partial charge >= 0.3 is 12.0 Å². The van der Waals surface area contributed by atoms with Crippen LogP contribution in [0.5, 0.6) is 11.5 Å². The molecule has 30 heavy (non-hydrogen) atoms. The van der Waals surface area contributed by atoms with Crippen LogP contribution in [0.15, 0.2) is 18.2 Å². The summed E-state index contributed by atoms with van der Waals surface area (Å²) in [6.07, 6.45) is 4.94. The second-order valence-electron chi connectivity index (χ2n) is 8.62. The SMILES string of the molecule is CC1CCCCC1NC(=O)NC(=O)COC(=O)COc1cccc2c1OC(C)(C)C2. The Morgan fingerprint density at radius 3 is 2.70 bits per heavy atom. The van der Waals surface area contributed by atoms with E-state index in [0.29, 0.717) is 17.4 Å². The maximum Gasteiger partial charge on any atom is 0.344 e. The first-order chi connectivity index (χ1) is 14.2. The van der Waals surface area contributed by atoms with Crippen molar-refractivity contribution in [1.29, 1.82) is 0 Å². The Kier molecular flexibility index (Phi) is 6.84. The van der Waals surface area contributed by atoms with Crippen molar-refractivity contribution in [3.63, 3.8) is 0 Å². The van der Waals surface area contributed by atoms with Crippen LogP contribution >= 0.6 is 0 Å². The Balaban J connectivity index is 1.38. The molecule has 1 heterocycles. The third kappa shape index (κ3) is 5.87. The lowest BCUT2D eigenvalue weighted by Crippen LogP contribution is -2.48. The fourth-order valence-corrected chi connectivity index (χ4v) is 3.92. The molecule has 0 saturated heterocycles. The second kappa shape index (κ2) is 9.36. The highest BCUT2D eigenvalue weighted by Crippen LogP contribution is 2.41. The Hall–Kier alpha value is -2.77. The highest BCUT2D eigenvalue weighted by Gasteiger charge is 2.32. The first-order valence-corrected chi connectivity index (χ1v) is 10.4. The van der Waals surface area contributed by atoms with Gasteiger partial charge < -0.3 is 19.5 Å². The minimum absolute atomic E-state index is 0.0577. The van der Waals surface area contributed by atoms with Crippen LogP contribution in [-0.2, 0) is 20.7 Å². The topological polar surface area (TPSA) is 103 Å². The summed E-state index contributed by atoms with van der Waals surface area (Å²) in [5.41, 5.74) is 0.694. The average Bonchev–Trinajstić information content (AvgIpc) is 3.00. The molecule has 1 aliphatic carbocycles. The van der Waals surface area contributed by atoms with E-state index < -0.39 is 24.5 Å². The van der Waals surface area contributed by atoms with Crippen LogP contribution in [0.2, 0.25) is 0 Å². The van der Waals surface area contributed by atoms with E-state index in [4.69, 9.17) is 14.2 Å². The molecule has 2 N–H and O–H groups in total. The molecule has 164 valence electrons. The summed E-state index contributed by atoms with van der Waals surface area (Å²) in [5.74, 6) is 0.0713. The van der Waals surface area contributed by atoms with Gasteiger partial charge in [-0.3, -0.25) is 10.1 Å². The molecule has 3 rings (SSSR count). The van der Waals surface area contributed by atoms with Crippen molar-refractivity contribution >= 4 is 17.9 Å². The molecule has 1 aromatic carbocycles. The molecular weight excluding hydrogens is 388 g/mol. The van der Waals surface area contributed by atoms with E-state index in [0.717, 1.165) is 37.7 Å². The summed E-state index contributed by atoms with van der Waals surface area (Å²) < 4.78 is 16.3. The summed E-state index contributed by atoms with van der Waals surface area (Å²) in [6.45, 7) is 5.14. The van der Waals surface area contributed by atoms with Gasteiger partial charge in [-0.1, -0.05) is 31.9 Å². The third-order valence-corrected chi connectivity index (χ3v) is 5.45. The molecule has 0 aromatic heterocycles. The molecule has 1 aliphatic heterocycles. The van der Waals surface area contributed by atoms with Gasteiger partial charge in [0.25, 0.3) is 5.91 Å². The van der Waals surface area contributed by atoms with Crippen LogP contribution in [0.1, 0.15) is 52.0 Å². The Labute approximate surface area is 176 Å². The van der Waals surface area contributed by atoms with Gasteiger partial charge in [-0.05, 0) is 38.7 Å². The first-order valence-electron chi connectivity index (χ1n) is 10.4. The van der Waals surface area contributed by atoms with Crippen LogP contribution < -0.4 is 20.1 Å². The Morgan fingerprint density at radius 1 is 1.17 bits per heavy atom. The standard InChI is InChI=1S/C22H30N2O6/c1-14-7-4-5-9-16(14)23-21(27)24-18(25)12-29-19(26)13-28-17-10-6-8-15-11-22(2,3)30-20(15)17/h6,8,10,14,16H,4-5,7,9,11-13H2,1-3H3,(H2,23,24,25,27). The smallest absolute Gasteiger partial charge is 0.344 e. The van der Waals surface area contributed by atoms with E-state index in [-0.39, 0.29) is 18.2 Å². The lowest BCUT2D eigenvalue weighted by Gasteiger charge is -2.29. The van der Waals surface area contributed by atoms with Crippen molar-refractivity contribution in [2.24, 2.45) is 5.92 Å². The van der Waals surface area contributed by atoms with Crippen molar-refractivity contribution in [3.05, 3.63) is 23.8 Å². The highest BCUT2D eigenvalue weighted by molar-refractivity contribution is 5.95. The zero-order valence-electron chi connectivity index (χ0n) is 17.8. The number of amides is 3. The van der Waals surface area contributed by atoms with Gasteiger partial charge in [0.1, 0.15) is 5.60 Å². The molecule has 8 nitrogen and oxygen atoms in total. The Bertz CT molecular complexity index is 807. The number of benzene rings is 1. The monoisotopic (exact) mass is 418 g/mol. The molecule has 2 atom stereocenters. The lowest BCUT2D eigenvalue weighted by atomic mass is 9.86. The number of carbonyl (C=O) groups is 3. The third-order valence-electron chi connectivity index (χ3n) is 5.45. The number of nitrogens with one attached hydrogen (secondary N) is 2. The van der Waals surface area contributed by atoms with E-state index in [2.05, 4.69) is 17.6 Å². The zero-order chi connectivity index (χ0) is 21.7. The van der Waals surface area contributed by atoms with Crippen molar-refractivity contribution in [2.75, 3.05) is 13.2 Å². The minimum atomic E-state index is -0.707. The largest absolute Gasteiger partial charge is 0.483 e. The number of hydrogen-bond acceptors (Lipinski definition) is 6. The Morgan fingerprint density at radius 2 is 1.93 bits per heavy atom. The molecule has 0 radical (unpaired) electrons. The molecule has 2 aliphatic rings. The molecule has 1 saturated carbocycles. The number of fused-ring (bicyclic) bond motifs is 1. The lowest BCUT2D eigenvalue weighted by molar-refractivity contribution is -0.150. The van der Waals surface area contributed by atoms with Gasteiger partial charge in [0.15, 0.2) is 24.7 Å². The minimum Gasteiger partial charge on any atom is -0.483 e.